The van der Waals surface area contributed by atoms with E-state index in [0.29, 0.717) is 18.6 Å². The van der Waals surface area contributed by atoms with Crippen molar-refractivity contribution in [2.24, 2.45) is 0 Å². The number of halogens is 1. The Morgan fingerprint density at radius 1 is 1.39 bits per heavy atom. The van der Waals surface area contributed by atoms with E-state index in [2.05, 4.69) is 0 Å². The van der Waals surface area contributed by atoms with Crippen LogP contribution in [0.2, 0.25) is 0 Å². The van der Waals surface area contributed by atoms with Crippen molar-refractivity contribution in [3.05, 3.63) is 45.6 Å². The molecule has 0 bridgehead atoms. The second-order valence-corrected chi connectivity index (χ2v) is 4.45. The molecule has 1 unspecified atom stereocenters. The zero-order valence-electron chi connectivity index (χ0n) is 10.5. The van der Waals surface area contributed by atoms with E-state index in [4.69, 9.17) is 4.74 Å². The van der Waals surface area contributed by atoms with Gasteiger partial charge in [0, 0.05) is 0 Å². The van der Waals surface area contributed by atoms with Gasteiger partial charge < -0.3 is 9.84 Å². The summed E-state index contributed by atoms with van der Waals surface area (Å²) in [5.74, 6) is -0.472. The molecule has 1 N–H and O–H groups in total. The summed E-state index contributed by atoms with van der Waals surface area (Å²) in [6, 6.07) is 9.17. The van der Waals surface area contributed by atoms with E-state index >= 15 is 0 Å². The van der Waals surface area contributed by atoms with E-state index in [9.17, 15) is 9.90 Å². The van der Waals surface area contributed by atoms with Gasteiger partial charge in [0.15, 0.2) is 0 Å². The van der Waals surface area contributed by atoms with Crippen LogP contribution in [0.25, 0.3) is 0 Å². The van der Waals surface area contributed by atoms with Crippen LogP contribution in [-0.4, -0.2) is 17.7 Å². The van der Waals surface area contributed by atoms with Crippen LogP contribution < -0.4 is 0 Å². The van der Waals surface area contributed by atoms with E-state index in [1.165, 1.54) is 0 Å². The van der Waals surface area contributed by atoms with Crippen molar-refractivity contribution in [3.8, 4) is 0 Å². The summed E-state index contributed by atoms with van der Waals surface area (Å²) >= 11 is 1.96. The zero-order chi connectivity index (χ0) is 13.6. The van der Waals surface area contributed by atoms with Crippen molar-refractivity contribution < 1.29 is 14.6 Å². The molecule has 0 fully saturated rings. The van der Waals surface area contributed by atoms with Gasteiger partial charge in [0.05, 0.1) is 12.2 Å². The SMILES string of the molecule is CCOC(=O)/C(=C\I)C(O)(CC)c1ccccc1. The molecule has 18 heavy (non-hydrogen) atoms. The Bertz CT molecular complexity index is 428. The molecule has 1 aromatic rings. The monoisotopic (exact) mass is 360 g/mol. The number of carbonyl (C=O) groups is 1. The molecule has 0 aliphatic rings. The zero-order valence-corrected chi connectivity index (χ0v) is 12.7. The predicted octanol–water partition coefficient (Wildman–Crippen LogP) is 3.17. The molecule has 0 aliphatic heterocycles. The molecule has 0 saturated heterocycles. The molecule has 98 valence electrons. The second kappa shape index (κ2) is 6.89. The molecule has 1 atom stereocenters. The lowest BCUT2D eigenvalue weighted by Crippen LogP contribution is -2.32. The largest absolute Gasteiger partial charge is 0.463 e. The average molecular weight is 360 g/mol. The van der Waals surface area contributed by atoms with Crippen molar-refractivity contribution >= 4 is 28.6 Å². The van der Waals surface area contributed by atoms with E-state index in [-0.39, 0.29) is 5.57 Å². The van der Waals surface area contributed by atoms with Gasteiger partial charge in [-0.05, 0) is 23.0 Å². The lowest BCUT2D eigenvalue weighted by atomic mass is 9.84. The second-order valence-electron chi connectivity index (χ2n) is 3.82. The molecule has 1 rings (SSSR count). The van der Waals surface area contributed by atoms with Crippen LogP contribution in [0.5, 0.6) is 0 Å². The summed E-state index contributed by atoms with van der Waals surface area (Å²) in [7, 11) is 0. The summed E-state index contributed by atoms with van der Waals surface area (Å²) in [4.78, 5) is 11.9. The predicted molar refractivity (Wildman–Crippen MR) is 79.4 cm³/mol. The van der Waals surface area contributed by atoms with Gasteiger partial charge in [-0.3, -0.25) is 0 Å². The maximum Gasteiger partial charge on any atom is 0.337 e. The summed E-state index contributed by atoms with van der Waals surface area (Å²) in [6.45, 7) is 3.88. The lowest BCUT2D eigenvalue weighted by Gasteiger charge is -2.28. The summed E-state index contributed by atoms with van der Waals surface area (Å²) < 4.78 is 6.58. The average Bonchev–Trinajstić information content (AvgIpc) is 2.40. The maximum atomic E-state index is 11.9. The molecule has 4 heteroatoms. The number of hydrogen-bond acceptors (Lipinski definition) is 3. The molecule has 0 aromatic heterocycles. The van der Waals surface area contributed by atoms with Gasteiger partial charge >= 0.3 is 5.97 Å². The van der Waals surface area contributed by atoms with Crippen molar-refractivity contribution in [2.45, 2.75) is 25.9 Å². The van der Waals surface area contributed by atoms with Gasteiger partial charge in [-0.15, -0.1) is 0 Å². The topological polar surface area (TPSA) is 46.5 Å². The van der Waals surface area contributed by atoms with Crippen molar-refractivity contribution in [1.82, 2.24) is 0 Å². The molecular weight excluding hydrogens is 343 g/mol. The highest BCUT2D eigenvalue weighted by molar-refractivity contribution is 14.1. The quantitative estimate of drug-likeness (QED) is 0.499. The van der Waals surface area contributed by atoms with Crippen LogP contribution in [0.3, 0.4) is 0 Å². The Labute approximate surface area is 121 Å². The minimum absolute atomic E-state index is 0.277. The first-order valence-corrected chi connectivity index (χ1v) is 7.10. The number of aliphatic hydroxyl groups is 1. The van der Waals surface area contributed by atoms with E-state index < -0.39 is 11.6 Å². The smallest absolute Gasteiger partial charge is 0.337 e. The minimum atomic E-state index is -1.30. The molecule has 0 aliphatic carbocycles. The summed E-state index contributed by atoms with van der Waals surface area (Å²) in [6.07, 6.45) is 0.407. The molecule has 3 nitrogen and oxygen atoms in total. The number of rotatable bonds is 5. The van der Waals surface area contributed by atoms with Gasteiger partial charge in [0.2, 0.25) is 0 Å². The molecule has 0 amide bonds. The Morgan fingerprint density at radius 3 is 2.44 bits per heavy atom. The number of benzene rings is 1. The van der Waals surface area contributed by atoms with Crippen LogP contribution in [0, 0.1) is 0 Å². The van der Waals surface area contributed by atoms with Crippen molar-refractivity contribution in [3.63, 3.8) is 0 Å². The first kappa shape index (κ1) is 15.2. The standard InChI is InChI=1S/C14H17IO3/c1-3-14(17,11-8-6-5-7-9-11)12(10-15)13(16)18-4-2/h5-10,17H,3-4H2,1-2H3/b12-10+. The minimum Gasteiger partial charge on any atom is -0.463 e. The molecular formula is C14H17IO3. The van der Waals surface area contributed by atoms with Gasteiger partial charge in [-0.25, -0.2) is 4.79 Å². The number of hydrogen-bond donors (Lipinski definition) is 1. The fraction of sp³-hybridized carbons (Fsp3) is 0.357. The Kier molecular flexibility index (Phi) is 5.81. The first-order chi connectivity index (χ1) is 8.60. The van der Waals surface area contributed by atoms with Crippen LogP contribution >= 0.6 is 22.6 Å². The molecule has 0 heterocycles. The van der Waals surface area contributed by atoms with Gasteiger partial charge in [-0.1, -0.05) is 59.8 Å². The lowest BCUT2D eigenvalue weighted by molar-refractivity contribution is -0.141. The third-order valence-electron chi connectivity index (χ3n) is 2.81. The van der Waals surface area contributed by atoms with Crippen LogP contribution in [0.1, 0.15) is 25.8 Å². The Hall–Kier alpha value is -0.880. The fourth-order valence-electron chi connectivity index (χ4n) is 1.78. The normalized spacial score (nSPS) is 15.0. The van der Waals surface area contributed by atoms with E-state index in [0.717, 1.165) is 0 Å². The Balaban J connectivity index is 3.18. The van der Waals surface area contributed by atoms with Gasteiger partial charge in [0.1, 0.15) is 5.60 Å². The third kappa shape index (κ3) is 3.11. The van der Waals surface area contributed by atoms with Crippen LogP contribution in [-0.2, 0) is 15.1 Å². The number of esters is 1. The van der Waals surface area contributed by atoms with Gasteiger partial charge in [0.25, 0.3) is 0 Å². The molecule has 0 spiro atoms. The maximum absolute atomic E-state index is 11.9. The molecule has 0 saturated carbocycles. The van der Waals surface area contributed by atoms with Crippen LogP contribution in [0.15, 0.2) is 40.0 Å². The highest BCUT2D eigenvalue weighted by atomic mass is 127. The molecule has 0 radical (unpaired) electrons. The van der Waals surface area contributed by atoms with E-state index in [1.54, 1.807) is 11.0 Å². The summed E-state index contributed by atoms with van der Waals surface area (Å²) in [5, 5.41) is 10.8. The van der Waals surface area contributed by atoms with Crippen LogP contribution in [0.4, 0.5) is 0 Å². The van der Waals surface area contributed by atoms with Crippen molar-refractivity contribution in [2.75, 3.05) is 6.61 Å². The van der Waals surface area contributed by atoms with Crippen molar-refractivity contribution in [1.29, 1.82) is 0 Å². The summed E-state index contributed by atoms with van der Waals surface area (Å²) in [5.41, 5.74) is -0.323. The van der Waals surface area contributed by atoms with Gasteiger partial charge in [-0.2, -0.15) is 0 Å². The highest BCUT2D eigenvalue weighted by Gasteiger charge is 2.36. The number of ether oxygens (including phenoxy) is 1. The first-order valence-electron chi connectivity index (χ1n) is 5.86. The van der Waals surface area contributed by atoms with E-state index in [1.807, 2.05) is 59.8 Å². The third-order valence-corrected chi connectivity index (χ3v) is 3.44. The highest BCUT2D eigenvalue weighted by Crippen LogP contribution is 2.34. The fourth-order valence-corrected chi connectivity index (χ4v) is 2.55. The number of carbonyl (C=O) groups excluding carboxylic acids is 1. The Morgan fingerprint density at radius 2 is 2.00 bits per heavy atom. The molecule has 1 aromatic carbocycles.